The first-order valence-electron chi connectivity index (χ1n) is 8.89. The molecule has 0 saturated heterocycles. The number of hydrogen-bond donors (Lipinski definition) is 1. The molecule has 1 aliphatic heterocycles. The Balaban J connectivity index is 1.80. The fourth-order valence-corrected chi connectivity index (χ4v) is 4.70. The average molecular weight is 385 g/mol. The van der Waals surface area contributed by atoms with Crippen LogP contribution in [-0.2, 0) is 19.1 Å². The number of rotatable bonds is 4. The van der Waals surface area contributed by atoms with Crippen LogP contribution in [0, 0.1) is 5.92 Å². The number of amides is 1. The van der Waals surface area contributed by atoms with E-state index in [1.54, 1.807) is 19.1 Å². The number of ketones is 1. The molecule has 4 rings (SSSR count). The number of carbonyl (C=O) groups excluding carboxylic acids is 3. The zero-order valence-electron chi connectivity index (χ0n) is 14.8. The van der Waals surface area contributed by atoms with Crippen LogP contribution in [0.3, 0.4) is 0 Å². The Labute approximate surface area is 160 Å². The van der Waals surface area contributed by atoms with Crippen molar-refractivity contribution >= 4 is 29.0 Å². The molecule has 0 saturated carbocycles. The van der Waals surface area contributed by atoms with E-state index in [9.17, 15) is 14.4 Å². The molecule has 6 nitrogen and oxygen atoms in total. The van der Waals surface area contributed by atoms with E-state index >= 15 is 0 Å². The van der Waals surface area contributed by atoms with Crippen LogP contribution in [0.15, 0.2) is 50.9 Å². The molecular formula is C20H19NO5S. The normalized spacial score (nSPS) is 25.1. The standard InChI is InChI=1S/C20H19NO5S/c1-2-25-20(24)18-13(15-4-3-6-26-15)8-14-17(19(18)23)12(9-16(22)21-14)11-5-7-27-10-11/h3-7,10,12-13,18H,2,8-9H2,1H3,(H,21,22)/t12-,13+,18-/m0/s1. The summed E-state index contributed by atoms with van der Waals surface area (Å²) in [5, 5.41) is 6.72. The SMILES string of the molecule is CCOC(=O)[C@@H]1C(=O)C2=C(C[C@@H]1c1ccco1)NC(=O)C[C@H]2c1ccsc1. The van der Waals surface area contributed by atoms with E-state index in [1.165, 1.54) is 17.6 Å². The van der Waals surface area contributed by atoms with Crippen molar-refractivity contribution in [3.05, 3.63) is 57.8 Å². The minimum atomic E-state index is -0.967. The zero-order valence-corrected chi connectivity index (χ0v) is 15.6. The number of thiophene rings is 1. The van der Waals surface area contributed by atoms with Crippen molar-refractivity contribution in [1.82, 2.24) is 5.32 Å². The summed E-state index contributed by atoms with van der Waals surface area (Å²) in [4.78, 5) is 38.4. The molecule has 0 aromatic carbocycles. The second-order valence-electron chi connectivity index (χ2n) is 6.67. The van der Waals surface area contributed by atoms with Crippen molar-refractivity contribution in [3.8, 4) is 0 Å². The highest BCUT2D eigenvalue weighted by Gasteiger charge is 2.48. The highest BCUT2D eigenvalue weighted by Crippen LogP contribution is 2.46. The second kappa shape index (κ2) is 7.15. The Morgan fingerprint density at radius 3 is 2.85 bits per heavy atom. The number of hydrogen-bond acceptors (Lipinski definition) is 6. The summed E-state index contributed by atoms with van der Waals surface area (Å²) in [5.41, 5.74) is 2.04. The number of allylic oxidation sites excluding steroid dienone is 2. The Kier molecular flexibility index (Phi) is 4.70. The zero-order chi connectivity index (χ0) is 19.0. The molecule has 2 aliphatic rings. The highest BCUT2D eigenvalue weighted by atomic mass is 32.1. The topological polar surface area (TPSA) is 85.6 Å². The molecule has 7 heteroatoms. The van der Waals surface area contributed by atoms with Gasteiger partial charge < -0.3 is 14.5 Å². The Hall–Kier alpha value is -2.67. The van der Waals surface area contributed by atoms with E-state index in [0.29, 0.717) is 23.5 Å². The molecule has 2 aromatic rings. The van der Waals surface area contributed by atoms with Crippen molar-refractivity contribution in [2.75, 3.05) is 6.61 Å². The van der Waals surface area contributed by atoms with Crippen LogP contribution in [-0.4, -0.2) is 24.3 Å². The molecule has 1 aliphatic carbocycles. The van der Waals surface area contributed by atoms with Gasteiger partial charge in [0.1, 0.15) is 11.7 Å². The van der Waals surface area contributed by atoms with Crippen molar-refractivity contribution in [1.29, 1.82) is 0 Å². The molecule has 0 unspecified atom stereocenters. The first-order valence-corrected chi connectivity index (χ1v) is 9.83. The van der Waals surface area contributed by atoms with E-state index < -0.39 is 17.8 Å². The van der Waals surface area contributed by atoms with E-state index in [-0.39, 0.29) is 30.6 Å². The van der Waals surface area contributed by atoms with Crippen LogP contribution in [0.2, 0.25) is 0 Å². The fourth-order valence-electron chi connectivity index (χ4n) is 3.98. The molecule has 0 fully saturated rings. The Morgan fingerprint density at radius 2 is 2.19 bits per heavy atom. The van der Waals surface area contributed by atoms with Gasteiger partial charge in [-0.25, -0.2) is 0 Å². The van der Waals surface area contributed by atoms with Gasteiger partial charge in [0.05, 0.1) is 12.9 Å². The number of carbonyl (C=O) groups is 3. The summed E-state index contributed by atoms with van der Waals surface area (Å²) in [6, 6.07) is 5.39. The van der Waals surface area contributed by atoms with Crippen LogP contribution >= 0.6 is 11.3 Å². The number of esters is 1. The van der Waals surface area contributed by atoms with Gasteiger partial charge in [-0.05, 0) is 47.9 Å². The number of furan rings is 1. The summed E-state index contributed by atoms with van der Waals surface area (Å²) in [6.45, 7) is 1.91. The molecule has 0 bridgehead atoms. The van der Waals surface area contributed by atoms with Crippen LogP contribution in [0.1, 0.15) is 42.9 Å². The van der Waals surface area contributed by atoms with Crippen molar-refractivity contribution in [3.63, 3.8) is 0 Å². The number of nitrogens with one attached hydrogen (secondary N) is 1. The van der Waals surface area contributed by atoms with Crippen molar-refractivity contribution in [2.24, 2.45) is 5.92 Å². The molecule has 2 aromatic heterocycles. The van der Waals surface area contributed by atoms with Gasteiger partial charge in [0.2, 0.25) is 5.91 Å². The van der Waals surface area contributed by atoms with Gasteiger partial charge in [-0.1, -0.05) is 0 Å². The smallest absolute Gasteiger partial charge is 0.317 e. The van der Waals surface area contributed by atoms with Crippen LogP contribution in [0.4, 0.5) is 0 Å². The maximum Gasteiger partial charge on any atom is 0.317 e. The van der Waals surface area contributed by atoms with Gasteiger partial charge in [0, 0.05) is 29.5 Å². The monoisotopic (exact) mass is 385 g/mol. The van der Waals surface area contributed by atoms with E-state index in [2.05, 4.69) is 5.32 Å². The predicted molar refractivity (Wildman–Crippen MR) is 98.0 cm³/mol. The summed E-state index contributed by atoms with van der Waals surface area (Å²) >= 11 is 1.52. The molecular weight excluding hydrogens is 366 g/mol. The van der Waals surface area contributed by atoms with E-state index in [0.717, 1.165) is 5.56 Å². The lowest BCUT2D eigenvalue weighted by atomic mass is 9.69. The third kappa shape index (κ3) is 3.12. The maximum absolute atomic E-state index is 13.4. The molecule has 0 spiro atoms. The predicted octanol–water partition coefficient (Wildman–Crippen LogP) is 3.13. The van der Waals surface area contributed by atoms with E-state index in [4.69, 9.17) is 9.15 Å². The lowest BCUT2D eigenvalue weighted by molar-refractivity contribution is -0.152. The van der Waals surface area contributed by atoms with Crippen LogP contribution < -0.4 is 5.32 Å². The largest absolute Gasteiger partial charge is 0.469 e. The van der Waals surface area contributed by atoms with Gasteiger partial charge >= 0.3 is 5.97 Å². The maximum atomic E-state index is 13.4. The third-order valence-corrected chi connectivity index (χ3v) is 5.82. The molecule has 27 heavy (non-hydrogen) atoms. The number of ether oxygens (including phenoxy) is 1. The van der Waals surface area contributed by atoms with E-state index in [1.807, 2.05) is 16.8 Å². The minimum absolute atomic E-state index is 0.120. The van der Waals surface area contributed by atoms with Gasteiger partial charge in [-0.3, -0.25) is 14.4 Å². The molecule has 0 radical (unpaired) electrons. The van der Waals surface area contributed by atoms with Crippen LogP contribution in [0.25, 0.3) is 0 Å². The first-order chi connectivity index (χ1) is 13.1. The molecule has 1 N–H and O–H groups in total. The third-order valence-electron chi connectivity index (χ3n) is 5.12. The molecule has 1 amide bonds. The molecule has 3 atom stereocenters. The fraction of sp³-hybridized carbons (Fsp3) is 0.350. The first kappa shape index (κ1) is 17.7. The lowest BCUT2D eigenvalue weighted by Gasteiger charge is -2.36. The summed E-state index contributed by atoms with van der Waals surface area (Å²) < 4.78 is 10.7. The highest BCUT2D eigenvalue weighted by molar-refractivity contribution is 7.08. The minimum Gasteiger partial charge on any atom is -0.469 e. The second-order valence-corrected chi connectivity index (χ2v) is 7.45. The summed E-state index contributed by atoms with van der Waals surface area (Å²) in [6.07, 6.45) is 2.06. The van der Waals surface area contributed by atoms with Crippen molar-refractivity contribution < 1.29 is 23.5 Å². The Morgan fingerprint density at radius 1 is 1.33 bits per heavy atom. The van der Waals surface area contributed by atoms with Gasteiger partial charge in [-0.15, -0.1) is 0 Å². The van der Waals surface area contributed by atoms with Crippen molar-refractivity contribution in [2.45, 2.75) is 31.6 Å². The van der Waals surface area contributed by atoms with Crippen LogP contribution in [0.5, 0.6) is 0 Å². The average Bonchev–Trinajstić information content (AvgIpc) is 3.34. The van der Waals surface area contributed by atoms with Gasteiger partial charge in [0.25, 0.3) is 0 Å². The molecule has 140 valence electrons. The van der Waals surface area contributed by atoms with Gasteiger partial charge in [-0.2, -0.15) is 11.3 Å². The van der Waals surface area contributed by atoms with Gasteiger partial charge in [0.15, 0.2) is 5.78 Å². The quantitative estimate of drug-likeness (QED) is 0.646. The Bertz CT molecular complexity index is 897. The number of Topliss-reactive ketones (excluding diaryl/α,β-unsaturated/α-hetero) is 1. The summed E-state index contributed by atoms with van der Waals surface area (Å²) in [7, 11) is 0. The lowest BCUT2D eigenvalue weighted by Crippen LogP contribution is -2.44. The summed E-state index contributed by atoms with van der Waals surface area (Å²) in [5.74, 6) is -2.20. The molecule has 3 heterocycles.